The molecule has 0 aromatic rings. The topological polar surface area (TPSA) is 17.1 Å². The summed E-state index contributed by atoms with van der Waals surface area (Å²) in [7, 11) is 0. The van der Waals surface area contributed by atoms with Gasteiger partial charge in [-0.1, -0.05) is 45.8 Å². The second kappa shape index (κ2) is 7.04. The molecule has 0 unspecified atom stereocenters. The van der Waals surface area contributed by atoms with Crippen molar-refractivity contribution in [2.24, 2.45) is 0 Å². The molecule has 1 nitrogen and oxygen atoms in total. The van der Waals surface area contributed by atoms with Crippen LogP contribution < -0.4 is 0 Å². The number of aldehydes is 1. The van der Waals surface area contributed by atoms with E-state index in [1.54, 1.807) is 13.0 Å². The van der Waals surface area contributed by atoms with Crippen molar-refractivity contribution in [3.05, 3.63) is 35.5 Å². The van der Waals surface area contributed by atoms with Gasteiger partial charge in [-0.2, -0.15) is 0 Å². The van der Waals surface area contributed by atoms with Gasteiger partial charge in [0.15, 0.2) is 0 Å². The van der Waals surface area contributed by atoms with E-state index in [4.69, 9.17) is 0 Å². The summed E-state index contributed by atoms with van der Waals surface area (Å²) < 4.78 is 0. The summed E-state index contributed by atoms with van der Waals surface area (Å²) in [6.07, 6.45) is 8.53. The quantitative estimate of drug-likeness (QED) is 0.313. The maximum absolute atomic E-state index is 10.2. The Bertz CT molecular complexity index is 224. The third-order valence-electron chi connectivity index (χ3n) is 1.30. The molecule has 0 aliphatic carbocycles. The van der Waals surface area contributed by atoms with Crippen molar-refractivity contribution in [3.8, 4) is 0 Å². The van der Waals surface area contributed by atoms with Gasteiger partial charge in [-0.15, -0.1) is 0 Å². The van der Waals surface area contributed by atoms with E-state index in [0.29, 0.717) is 0 Å². The van der Waals surface area contributed by atoms with Crippen LogP contribution in [-0.4, -0.2) is 11.6 Å². The maximum Gasteiger partial charge on any atom is 0.145 e. The fourth-order valence-corrected chi connectivity index (χ4v) is 1.09. The minimum Gasteiger partial charge on any atom is -0.298 e. The molecule has 0 aromatic carbocycles. The molecule has 0 radical (unpaired) electrons. The molecule has 2 heteroatoms. The molecular formula is C10H13BrO. The van der Waals surface area contributed by atoms with Crippen LogP contribution in [0.25, 0.3) is 0 Å². The highest BCUT2D eigenvalue weighted by Gasteiger charge is 1.80. The minimum atomic E-state index is 0.734. The first-order valence-corrected chi connectivity index (χ1v) is 4.85. The lowest BCUT2D eigenvalue weighted by Gasteiger charge is -1.87. The zero-order chi connectivity index (χ0) is 9.40. The Balaban J connectivity index is 4.08. The number of alkyl halides is 1. The van der Waals surface area contributed by atoms with Crippen molar-refractivity contribution in [2.45, 2.75) is 13.8 Å². The molecule has 12 heavy (non-hydrogen) atoms. The summed E-state index contributed by atoms with van der Waals surface area (Å²) >= 11 is 3.30. The fraction of sp³-hybridized carbons (Fsp3) is 0.300. The molecule has 0 heterocycles. The van der Waals surface area contributed by atoms with Crippen molar-refractivity contribution in [2.75, 3.05) is 5.33 Å². The summed E-state index contributed by atoms with van der Waals surface area (Å²) in [6.45, 7) is 3.79. The van der Waals surface area contributed by atoms with Crippen LogP contribution in [0.1, 0.15) is 13.8 Å². The van der Waals surface area contributed by atoms with Gasteiger partial charge in [0.25, 0.3) is 0 Å². The van der Waals surface area contributed by atoms with Crippen LogP contribution in [0.3, 0.4) is 0 Å². The lowest BCUT2D eigenvalue weighted by atomic mass is 10.2. The van der Waals surface area contributed by atoms with Crippen molar-refractivity contribution in [1.82, 2.24) is 0 Å². The van der Waals surface area contributed by atoms with Gasteiger partial charge in [0.1, 0.15) is 6.29 Å². The fourth-order valence-electron chi connectivity index (χ4n) is 0.581. The average Bonchev–Trinajstić information content (AvgIpc) is 2.04. The van der Waals surface area contributed by atoms with Gasteiger partial charge in [-0.25, -0.2) is 0 Å². The first kappa shape index (κ1) is 11.4. The van der Waals surface area contributed by atoms with Gasteiger partial charge in [-0.3, -0.25) is 4.79 Å². The molecule has 0 saturated carbocycles. The summed E-state index contributed by atoms with van der Waals surface area (Å²) in [5.41, 5.74) is 1.92. The van der Waals surface area contributed by atoms with Crippen molar-refractivity contribution < 1.29 is 4.79 Å². The number of hydrogen-bond donors (Lipinski definition) is 0. The maximum atomic E-state index is 10.2. The van der Waals surface area contributed by atoms with Gasteiger partial charge >= 0.3 is 0 Å². The standard InChI is InChI=1S/C10H13BrO/c1-9(6-7-11)4-3-5-10(2)8-12/h3-6,8H,7H2,1-2H3. The first-order chi connectivity index (χ1) is 5.70. The zero-order valence-electron chi connectivity index (χ0n) is 7.38. The SMILES string of the molecule is CC(C=O)=CC=CC(C)=CCBr. The Morgan fingerprint density at radius 2 is 2.00 bits per heavy atom. The molecule has 0 amide bonds. The Hall–Kier alpha value is -0.630. The molecule has 0 N–H and O–H groups in total. The summed E-state index contributed by atoms with van der Waals surface area (Å²) in [6, 6.07) is 0. The molecule has 0 rings (SSSR count). The Morgan fingerprint density at radius 1 is 1.33 bits per heavy atom. The highest BCUT2D eigenvalue weighted by molar-refractivity contribution is 9.09. The van der Waals surface area contributed by atoms with Crippen molar-refractivity contribution >= 4 is 22.2 Å². The van der Waals surface area contributed by atoms with Crippen LogP contribution in [0.15, 0.2) is 35.5 Å². The second-order valence-electron chi connectivity index (χ2n) is 2.49. The molecule has 0 aliphatic rings. The van der Waals surface area contributed by atoms with Crippen molar-refractivity contribution in [3.63, 3.8) is 0 Å². The third-order valence-corrected chi connectivity index (χ3v) is 1.63. The van der Waals surface area contributed by atoms with Gasteiger partial charge in [0.05, 0.1) is 0 Å². The van der Waals surface area contributed by atoms with Gasteiger partial charge in [0.2, 0.25) is 0 Å². The van der Waals surface area contributed by atoms with Gasteiger partial charge in [-0.05, 0) is 19.4 Å². The molecule has 0 atom stereocenters. The molecule has 66 valence electrons. The Morgan fingerprint density at radius 3 is 2.50 bits per heavy atom. The Labute approximate surface area is 82.0 Å². The normalized spacial score (nSPS) is 13.9. The van der Waals surface area contributed by atoms with E-state index in [1.807, 2.05) is 19.1 Å². The Kier molecular flexibility index (Phi) is 6.67. The molecule has 0 aromatic heterocycles. The predicted octanol–water partition coefficient (Wildman–Crippen LogP) is 3.03. The molecule has 0 fully saturated rings. The molecule has 0 bridgehead atoms. The molecular weight excluding hydrogens is 216 g/mol. The summed E-state index contributed by atoms with van der Waals surface area (Å²) in [4.78, 5) is 10.2. The van der Waals surface area contributed by atoms with Gasteiger partial charge in [0, 0.05) is 5.33 Å². The van der Waals surface area contributed by atoms with E-state index in [-0.39, 0.29) is 0 Å². The molecule has 0 spiro atoms. The molecule has 0 aliphatic heterocycles. The third kappa shape index (κ3) is 6.10. The summed E-state index contributed by atoms with van der Waals surface area (Å²) in [5, 5.41) is 0.861. The number of carbonyl (C=O) groups excluding carboxylic acids is 1. The van der Waals surface area contributed by atoms with Gasteiger partial charge < -0.3 is 0 Å². The van der Waals surface area contributed by atoms with Crippen LogP contribution in [0.4, 0.5) is 0 Å². The van der Waals surface area contributed by atoms with Crippen LogP contribution in [0.2, 0.25) is 0 Å². The highest BCUT2D eigenvalue weighted by Crippen LogP contribution is 1.97. The highest BCUT2D eigenvalue weighted by atomic mass is 79.9. The largest absolute Gasteiger partial charge is 0.298 e. The summed E-state index contributed by atoms with van der Waals surface area (Å²) in [5.74, 6) is 0. The monoisotopic (exact) mass is 228 g/mol. The van der Waals surface area contributed by atoms with Crippen LogP contribution >= 0.6 is 15.9 Å². The number of hydrogen-bond acceptors (Lipinski definition) is 1. The van der Waals surface area contributed by atoms with E-state index in [0.717, 1.165) is 17.2 Å². The lowest BCUT2D eigenvalue weighted by molar-refractivity contribution is -0.104. The van der Waals surface area contributed by atoms with Crippen LogP contribution in [0.5, 0.6) is 0 Å². The number of carbonyl (C=O) groups is 1. The number of allylic oxidation sites excluding steroid dienone is 6. The minimum absolute atomic E-state index is 0.734. The van der Waals surface area contributed by atoms with Crippen LogP contribution in [-0.2, 0) is 4.79 Å². The number of halogens is 1. The number of rotatable bonds is 4. The second-order valence-corrected chi connectivity index (χ2v) is 3.14. The average molecular weight is 229 g/mol. The van der Waals surface area contributed by atoms with Crippen LogP contribution in [0, 0.1) is 0 Å². The first-order valence-electron chi connectivity index (χ1n) is 3.73. The smallest absolute Gasteiger partial charge is 0.145 e. The predicted molar refractivity (Wildman–Crippen MR) is 56.5 cm³/mol. The van der Waals surface area contributed by atoms with E-state index >= 15 is 0 Å². The van der Waals surface area contributed by atoms with E-state index < -0.39 is 0 Å². The van der Waals surface area contributed by atoms with E-state index in [9.17, 15) is 4.79 Å². The molecule has 0 saturated heterocycles. The lowest BCUT2D eigenvalue weighted by Crippen LogP contribution is -1.73. The van der Waals surface area contributed by atoms with E-state index in [2.05, 4.69) is 22.0 Å². The van der Waals surface area contributed by atoms with E-state index in [1.165, 1.54) is 5.57 Å². The van der Waals surface area contributed by atoms with Crippen molar-refractivity contribution in [1.29, 1.82) is 0 Å². The zero-order valence-corrected chi connectivity index (χ0v) is 8.97.